The molecular formula is C32H31F4NO4S. The van der Waals surface area contributed by atoms with E-state index < -0.39 is 26.2 Å². The van der Waals surface area contributed by atoms with E-state index in [9.17, 15) is 35.9 Å². The van der Waals surface area contributed by atoms with E-state index in [2.05, 4.69) is 17.0 Å². The van der Waals surface area contributed by atoms with Gasteiger partial charge in [0.05, 0.1) is 17.1 Å². The number of halogens is 4. The second kappa shape index (κ2) is 12.0. The van der Waals surface area contributed by atoms with E-state index in [0.717, 1.165) is 71.6 Å². The molecule has 0 unspecified atom stereocenters. The summed E-state index contributed by atoms with van der Waals surface area (Å²) in [5, 5.41) is 9.54. The first kappa shape index (κ1) is 30.0. The minimum absolute atomic E-state index is 0.176. The molecule has 5 rings (SSSR count). The number of allylic oxidation sites excluding steroid dienone is 1. The van der Waals surface area contributed by atoms with E-state index in [4.69, 9.17) is 0 Å². The first-order chi connectivity index (χ1) is 20.0. The fourth-order valence-electron chi connectivity index (χ4n) is 5.92. The zero-order chi connectivity index (χ0) is 30.1. The Morgan fingerprint density at radius 2 is 1.60 bits per heavy atom. The van der Waals surface area contributed by atoms with Crippen LogP contribution in [0.3, 0.4) is 0 Å². The topological polar surface area (TPSA) is 74.7 Å². The van der Waals surface area contributed by atoms with Crippen LogP contribution in [0.1, 0.15) is 57.4 Å². The number of carbonyl (C=O) groups is 1. The summed E-state index contributed by atoms with van der Waals surface area (Å²) in [6, 6.07) is 17.9. The van der Waals surface area contributed by atoms with Gasteiger partial charge in [-0.15, -0.1) is 0 Å². The lowest BCUT2D eigenvalue weighted by atomic mass is 9.86. The van der Waals surface area contributed by atoms with Crippen molar-refractivity contribution in [1.29, 1.82) is 0 Å². The van der Waals surface area contributed by atoms with Gasteiger partial charge < -0.3 is 10.0 Å². The molecule has 222 valence electrons. The van der Waals surface area contributed by atoms with E-state index in [1.54, 1.807) is 18.2 Å². The van der Waals surface area contributed by atoms with Crippen LogP contribution in [0, 0.1) is 5.92 Å². The molecule has 1 saturated heterocycles. The molecule has 0 radical (unpaired) electrons. The van der Waals surface area contributed by atoms with Gasteiger partial charge in [-0.25, -0.2) is 13.2 Å². The lowest BCUT2D eigenvalue weighted by Crippen LogP contribution is -2.47. The molecule has 42 heavy (non-hydrogen) atoms. The normalized spacial score (nSPS) is 16.6. The summed E-state index contributed by atoms with van der Waals surface area (Å²) in [5.41, 5.74) is 0.829. The Balaban J connectivity index is 1.52. The molecule has 0 bridgehead atoms. The third kappa shape index (κ3) is 6.15. The van der Waals surface area contributed by atoms with Crippen LogP contribution >= 0.6 is 0 Å². The first-order valence-electron chi connectivity index (χ1n) is 13.9. The molecule has 10 heteroatoms. The highest BCUT2D eigenvalue weighted by Gasteiger charge is 2.46. The number of carboxylic acid groups (broad SMARTS) is 1. The van der Waals surface area contributed by atoms with Crippen LogP contribution in [-0.2, 0) is 22.7 Å². The maximum Gasteiger partial charge on any atom is 0.501 e. The fourth-order valence-corrected chi connectivity index (χ4v) is 6.68. The number of hydrogen-bond acceptors (Lipinski definition) is 4. The van der Waals surface area contributed by atoms with Crippen molar-refractivity contribution >= 4 is 27.0 Å². The quantitative estimate of drug-likeness (QED) is 0.273. The number of fused-ring (bicyclic) bond motifs is 1. The van der Waals surface area contributed by atoms with Gasteiger partial charge in [0.15, 0.2) is 0 Å². The van der Waals surface area contributed by atoms with Crippen molar-refractivity contribution in [3.05, 3.63) is 100 Å². The summed E-state index contributed by atoms with van der Waals surface area (Å²) >= 11 is 0. The van der Waals surface area contributed by atoms with Gasteiger partial charge in [-0.05, 0) is 101 Å². The van der Waals surface area contributed by atoms with E-state index in [1.807, 2.05) is 12.1 Å². The zero-order valence-electron chi connectivity index (χ0n) is 22.8. The Morgan fingerprint density at radius 1 is 0.929 bits per heavy atom. The smallest absolute Gasteiger partial charge is 0.478 e. The van der Waals surface area contributed by atoms with Crippen LogP contribution < -0.4 is 0 Å². The van der Waals surface area contributed by atoms with Crippen molar-refractivity contribution in [3.8, 4) is 0 Å². The van der Waals surface area contributed by atoms with Gasteiger partial charge in [0.25, 0.3) is 9.84 Å². The second-order valence-electron chi connectivity index (χ2n) is 10.9. The minimum Gasteiger partial charge on any atom is -0.478 e. The average Bonchev–Trinajstić information content (AvgIpc) is 3.13. The molecule has 1 aliphatic heterocycles. The number of alkyl halides is 4. The van der Waals surface area contributed by atoms with Crippen LogP contribution in [-0.4, -0.2) is 56.2 Å². The molecule has 0 saturated carbocycles. The molecule has 0 spiro atoms. The van der Waals surface area contributed by atoms with E-state index in [1.165, 1.54) is 12.1 Å². The standard InChI is InChI=1S/C32H31F4NO4S/c33-15-2-16-37-19-22(20-37)17-21-5-7-24(8-6-21)30-28(4-1-3-25-18-26(31(38)39)11-14-29(25)30)23-9-12-27(13-10-23)42(40,41)32(34,35)36/h5-14,18,22H,1-4,15-17,19-20H2,(H,38,39). The summed E-state index contributed by atoms with van der Waals surface area (Å²) in [4.78, 5) is 13.1. The number of likely N-dealkylation sites (tertiary alicyclic amines) is 1. The summed E-state index contributed by atoms with van der Waals surface area (Å²) < 4.78 is 75.7. The van der Waals surface area contributed by atoms with Gasteiger partial charge >= 0.3 is 11.5 Å². The molecule has 0 aromatic heterocycles. The van der Waals surface area contributed by atoms with Crippen LogP contribution in [0.5, 0.6) is 0 Å². The predicted octanol–water partition coefficient (Wildman–Crippen LogP) is 6.81. The summed E-state index contributed by atoms with van der Waals surface area (Å²) in [6.07, 6.45) is 3.30. The lowest BCUT2D eigenvalue weighted by Gasteiger charge is -2.39. The SMILES string of the molecule is O=C(O)c1ccc2c(c1)CCCC(c1ccc(S(=O)(=O)C(F)(F)F)cc1)=C2c1ccc(CC2CN(CCCF)C2)cc1. The van der Waals surface area contributed by atoms with Crippen molar-refractivity contribution in [2.75, 3.05) is 26.3 Å². The number of benzene rings is 3. The Bertz CT molecular complexity index is 1590. The van der Waals surface area contributed by atoms with Crippen molar-refractivity contribution in [3.63, 3.8) is 0 Å². The molecule has 0 atom stereocenters. The Hall–Kier alpha value is -3.50. The molecule has 2 aliphatic rings. The third-order valence-corrected chi connectivity index (χ3v) is 9.52. The number of carboxylic acids is 1. The number of nitrogens with zero attached hydrogens (tertiary/aromatic N) is 1. The van der Waals surface area contributed by atoms with E-state index in [0.29, 0.717) is 37.2 Å². The summed E-state index contributed by atoms with van der Waals surface area (Å²) in [5.74, 6) is -0.525. The highest BCUT2D eigenvalue weighted by atomic mass is 32.2. The highest BCUT2D eigenvalue weighted by Crippen LogP contribution is 2.41. The largest absolute Gasteiger partial charge is 0.501 e. The average molecular weight is 602 g/mol. The van der Waals surface area contributed by atoms with Gasteiger partial charge in [-0.2, -0.15) is 13.2 Å². The van der Waals surface area contributed by atoms with Gasteiger partial charge in [-0.1, -0.05) is 42.5 Å². The fraction of sp³-hybridized carbons (Fsp3) is 0.344. The molecule has 1 aliphatic carbocycles. The van der Waals surface area contributed by atoms with Crippen molar-refractivity contribution in [2.24, 2.45) is 5.92 Å². The Morgan fingerprint density at radius 3 is 2.21 bits per heavy atom. The highest BCUT2D eigenvalue weighted by molar-refractivity contribution is 7.92. The van der Waals surface area contributed by atoms with Gasteiger partial charge in [0.2, 0.25) is 0 Å². The monoisotopic (exact) mass is 601 g/mol. The third-order valence-electron chi connectivity index (χ3n) is 8.02. The van der Waals surface area contributed by atoms with Crippen LogP contribution in [0.4, 0.5) is 17.6 Å². The molecule has 1 heterocycles. The molecule has 1 fully saturated rings. The van der Waals surface area contributed by atoms with Crippen LogP contribution in [0.2, 0.25) is 0 Å². The number of sulfone groups is 1. The maximum atomic E-state index is 13.1. The number of hydrogen-bond donors (Lipinski definition) is 1. The predicted molar refractivity (Wildman–Crippen MR) is 153 cm³/mol. The van der Waals surface area contributed by atoms with Crippen molar-refractivity contribution in [1.82, 2.24) is 4.90 Å². The van der Waals surface area contributed by atoms with Gasteiger partial charge in [0.1, 0.15) is 0 Å². The first-order valence-corrected chi connectivity index (χ1v) is 15.4. The van der Waals surface area contributed by atoms with Crippen molar-refractivity contribution in [2.45, 2.75) is 42.5 Å². The van der Waals surface area contributed by atoms with Crippen molar-refractivity contribution < 1.29 is 35.9 Å². The van der Waals surface area contributed by atoms with Crippen LogP contribution in [0.15, 0.2) is 71.6 Å². The Labute approximate surface area is 242 Å². The molecule has 3 aromatic carbocycles. The zero-order valence-corrected chi connectivity index (χ0v) is 23.6. The van der Waals surface area contributed by atoms with Crippen LogP contribution in [0.25, 0.3) is 11.1 Å². The number of rotatable bonds is 9. The summed E-state index contributed by atoms with van der Waals surface area (Å²) in [7, 11) is -5.47. The van der Waals surface area contributed by atoms with Gasteiger partial charge in [-0.3, -0.25) is 4.39 Å². The second-order valence-corrected chi connectivity index (χ2v) is 12.9. The number of aromatic carboxylic acids is 1. The van der Waals surface area contributed by atoms with E-state index in [-0.39, 0.29) is 12.2 Å². The lowest BCUT2D eigenvalue weighted by molar-refractivity contribution is -0.0436. The number of aryl methyl sites for hydroxylation is 1. The molecule has 3 aromatic rings. The van der Waals surface area contributed by atoms with Gasteiger partial charge in [0, 0.05) is 19.6 Å². The molecule has 1 N–H and O–H groups in total. The van der Waals surface area contributed by atoms with E-state index >= 15 is 0 Å². The molecule has 5 nitrogen and oxygen atoms in total. The Kier molecular flexibility index (Phi) is 8.57. The maximum absolute atomic E-state index is 13.1. The molecular weight excluding hydrogens is 570 g/mol. The minimum atomic E-state index is -5.47. The molecule has 0 amide bonds. The summed E-state index contributed by atoms with van der Waals surface area (Å²) in [6.45, 7) is 2.35.